The predicted octanol–water partition coefficient (Wildman–Crippen LogP) is 4.56. The van der Waals surface area contributed by atoms with Crippen LogP contribution in [0.15, 0.2) is 46.9 Å². The number of aliphatic hydroxyl groups is 1. The Balaban J connectivity index is 2.25. The Morgan fingerprint density at radius 2 is 2.05 bits per heavy atom. The number of anilines is 1. The number of benzene rings is 2. The summed E-state index contributed by atoms with van der Waals surface area (Å²) in [5.41, 5.74) is 3.14. The van der Waals surface area contributed by atoms with Crippen molar-refractivity contribution in [3.63, 3.8) is 0 Å². The second kappa shape index (κ2) is 6.42. The zero-order valence-corrected chi connectivity index (χ0v) is 12.9. The van der Waals surface area contributed by atoms with Crippen LogP contribution in [0.25, 0.3) is 0 Å². The molecule has 0 aliphatic heterocycles. The monoisotopic (exact) mass is 339 g/mol. The quantitative estimate of drug-likeness (QED) is 0.855. The Kier molecular flexibility index (Phi) is 4.86. The average Bonchev–Trinajstić information content (AvgIpc) is 2.37. The van der Waals surface area contributed by atoms with E-state index in [1.165, 1.54) is 5.56 Å². The van der Waals surface area contributed by atoms with Crippen molar-refractivity contribution in [2.24, 2.45) is 0 Å². The lowest BCUT2D eigenvalue weighted by molar-refractivity contribution is 0.276. The Bertz CT molecular complexity index is 574. The van der Waals surface area contributed by atoms with E-state index in [0.717, 1.165) is 15.7 Å². The van der Waals surface area contributed by atoms with Crippen molar-refractivity contribution in [1.82, 2.24) is 0 Å². The normalized spacial score (nSPS) is 12.2. The summed E-state index contributed by atoms with van der Waals surface area (Å²) in [6.45, 7) is 2.05. The van der Waals surface area contributed by atoms with Crippen molar-refractivity contribution >= 4 is 33.2 Å². The SMILES string of the molecule is Cc1cccc(NC(CO)c2ccc(Cl)cc2Br)c1. The molecule has 0 saturated carbocycles. The van der Waals surface area contributed by atoms with E-state index in [0.29, 0.717) is 5.02 Å². The first-order valence-electron chi connectivity index (χ1n) is 5.99. The van der Waals surface area contributed by atoms with Gasteiger partial charge in [-0.05, 0) is 42.3 Å². The Morgan fingerprint density at radius 3 is 2.68 bits per heavy atom. The largest absolute Gasteiger partial charge is 0.394 e. The first kappa shape index (κ1) is 14.4. The van der Waals surface area contributed by atoms with Crippen molar-refractivity contribution in [2.45, 2.75) is 13.0 Å². The third-order valence-electron chi connectivity index (χ3n) is 2.88. The number of hydrogen-bond acceptors (Lipinski definition) is 2. The van der Waals surface area contributed by atoms with E-state index in [9.17, 15) is 5.11 Å². The molecule has 19 heavy (non-hydrogen) atoms. The molecule has 0 radical (unpaired) electrons. The molecule has 0 heterocycles. The van der Waals surface area contributed by atoms with E-state index in [1.807, 2.05) is 49.4 Å². The first-order valence-corrected chi connectivity index (χ1v) is 7.16. The zero-order chi connectivity index (χ0) is 13.8. The summed E-state index contributed by atoms with van der Waals surface area (Å²) in [6, 6.07) is 13.5. The molecule has 0 aromatic heterocycles. The molecule has 0 aliphatic rings. The highest BCUT2D eigenvalue weighted by Crippen LogP contribution is 2.29. The maximum absolute atomic E-state index is 9.59. The second-order valence-corrected chi connectivity index (χ2v) is 5.71. The van der Waals surface area contributed by atoms with Crippen LogP contribution < -0.4 is 5.32 Å². The van der Waals surface area contributed by atoms with Crippen molar-refractivity contribution in [3.8, 4) is 0 Å². The highest BCUT2D eigenvalue weighted by molar-refractivity contribution is 9.10. The topological polar surface area (TPSA) is 32.3 Å². The molecule has 100 valence electrons. The molecule has 0 saturated heterocycles. The van der Waals surface area contributed by atoms with Crippen LogP contribution in [-0.4, -0.2) is 11.7 Å². The standard InChI is InChI=1S/C15H15BrClNO/c1-10-3-2-4-12(7-10)18-15(9-19)13-6-5-11(17)8-14(13)16/h2-8,15,18-19H,9H2,1H3. The molecule has 0 amide bonds. The number of halogens is 2. The lowest BCUT2D eigenvalue weighted by Crippen LogP contribution is -2.15. The first-order chi connectivity index (χ1) is 9.10. The van der Waals surface area contributed by atoms with E-state index in [2.05, 4.69) is 21.2 Å². The van der Waals surface area contributed by atoms with Crippen LogP contribution in [0.2, 0.25) is 5.02 Å². The molecule has 0 aliphatic carbocycles. The third-order valence-corrected chi connectivity index (χ3v) is 3.80. The summed E-state index contributed by atoms with van der Waals surface area (Å²) >= 11 is 9.41. The molecule has 2 aromatic rings. The molecule has 4 heteroatoms. The third kappa shape index (κ3) is 3.72. The highest BCUT2D eigenvalue weighted by atomic mass is 79.9. The number of aryl methyl sites for hydroxylation is 1. The highest BCUT2D eigenvalue weighted by Gasteiger charge is 2.13. The van der Waals surface area contributed by atoms with Gasteiger partial charge in [0.2, 0.25) is 0 Å². The van der Waals surface area contributed by atoms with Crippen LogP contribution in [0, 0.1) is 6.92 Å². The second-order valence-electron chi connectivity index (χ2n) is 4.41. The molecular formula is C15H15BrClNO. The fourth-order valence-electron chi connectivity index (χ4n) is 1.94. The molecule has 0 bridgehead atoms. The van der Waals surface area contributed by atoms with Crippen molar-refractivity contribution in [1.29, 1.82) is 0 Å². The summed E-state index contributed by atoms with van der Waals surface area (Å²) in [7, 11) is 0. The lowest BCUT2D eigenvalue weighted by atomic mass is 10.1. The van der Waals surface area contributed by atoms with Gasteiger partial charge < -0.3 is 10.4 Å². The number of aliphatic hydroxyl groups excluding tert-OH is 1. The molecule has 1 atom stereocenters. The van der Waals surface area contributed by atoms with Gasteiger partial charge in [-0.3, -0.25) is 0 Å². The summed E-state index contributed by atoms with van der Waals surface area (Å²) < 4.78 is 0.888. The van der Waals surface area contributed by atoms with Gasteiger partial charge in [0.25, 0.3) is 0 Å². The van der Waals surface area contributed by atoms with Crippen molar-refractivity contribution < 1.29 is 5.11 Å². The minimum atomic E-state index is -0.173. The van der Waals surface area contributed by atoms with Crippen LogP contribution >= 0.6 is 27.5 Å². The van der Waals surface area contributed by atoms with Gasteiger partial charge in [0.05, 0.1) is 12.6 Å². The van der Waals surface area contributed by atoms with E-state index < -0.39 is 0 Å². The minimum absolute atomic E-state index is 0.00811. The van der Waals surface area contributed by atoms with Crippen LogP contribution in [0.4, 0.5) is 5.69 Å². The average molecular weight is 341 g/mol. The number of rotatable bonds is 4. The fraction of sp³-hybridized carbons (Fsp3) is 0.200. The van der Waals surface area contributed by atoms with Gasteiger partial charge >= 0.3 is 0 Å². The van der Waals surface area contributed by atoms with Crippen LogP contribution in [0.3, 0.4) is 0 Å². The zero-order valence-electron chi connectivity index (χ0n) is 10.5. The minimum Gasteiger partial charge on any atom is -0.394 e. The molecular weight excluding hydrogens is 326 g/mol. The Morgan fingerprint density at radius 1 is 1.26 bits per heavy atom. The van der Waals surface area contributed by atoms with Gasteiger partial charge in [-0.2, -0.15) is 0 Å². The van der Waals surface area contributed by atoms with Crippen molar-refractivity contribution in [3.05, 3.63) is 63.1 Å². The summed E-state index contributed by atoms with van der Waals surface area (Å²) in [5, 5.41) is 13.6. The molecule has 2 N–H and O–H groups in total. The Hall–Kier alpha value is -1.03. The molecule has 2 nitrogen and oxygen atoms in total. The maximum atomic E-state index is 9.59. The van der Waals surface area contributed by atoms with Crippen LogP contribution in [0.1, 0.15) is 17.2 Å². The molecule has 2 aromatic carbocycles. The molecule has 0 fully saturated rings. The molecule has 0 spiro atoms. The van der Waals surface area contributed by atoms with E-state index >= 15 is 0 Å². The predicted molar refractivity (Wildman–Crippen MR) is 83.8 cm³/mol. The van der Waals surface area contributed by atoms with Gasteiger partial charge in [0, 0.05) is 15.2 Å². The molecule has 1 unspecified atom stereocenters. The summed E-state index contributed by atoms with van der Waals surface area (Å²) in [6.07, 6.45) is 0. The number of nitrogens with one attached hydrogen (secondary N) is 1. The fourth-order valence-corrected chi connectivity index (χ4v) is 2.90. The van der Waals surface area contributed by atoms with Gasteiger partial charge in [-0.25, -0.2) is 0 Å². The van der Waals surface area contributed by atoms with Crippen molar-refractivity contribution in [2.75, 3.05) is 11.9 Å². The summed E-state index contributed by atoms with van der Waals surface area (Å²) in [5.74, 6) is 0. The van der Waals surface area contributed by atoms with Gasteiger partial charge in [-0.1, -0.05) is 45.7 Å². The van der Waals surface area contributed by atoms with E-state index in [1.54, 1.807) is 0 Å². The summed E-state index contributed by atoms with van der Waals surface area (Å²) in [4.78, 5) is 0. The maximum Gasteiger partial charge on any atom is 0.0755 e. The van der Waals surface area contributed by atoms with Gasteiger partial charge in [0.1, 0.15) is 0 Å². The van der Waals surface area contributed by atoms with Crippen LogP contribution in [-0.2, 0) is 0 Å². The van der Waals surface area contributed by atoms with Crippen LogP contribution in [0.5, 0.6) is 0 Å². The molecule has 2 rings (SSSR count). The Labute approximate surface area is 126 Å². The smallest absolute Gasteiger partial charge is 0.0755 e. The number of hydrogen-bond donors (Lipinski definition) is 2. The van der Waals surface area contributed by atoms with Gasteiger partial charge in [0.15, 0.2) is 0 Å². The lowest BCUT2D eigenvalue weighted by Gasteiger charge is -2.20. The van der Waals surface area contributed by atoms with E-state index in [4.69, 9.17) is 11.6 Å². The van der Waals surface area contributed by atoms with E-state index in [-0.39, 0.29) is 12.6 Å². The van der Waals surface area contributed by atoms with Gasteiger partial charge in [-0.15, -0.1) is 0 Å².